The number of anilines is 1. The fraction of sp³-hybridized carbons (Fsp3) is 0.300. The van der Waals surface area contributed by atoms with Gasteiger partial charge in [0.25, 0.3) is 0 Å². The van der Waals surface area contributed by atoms with Crippen LogP contribution in [0.2, 0.25) is 0 Å². The van der Waals surface area contributed by atoms with Gasteiger partial charge in [0, 0.05) is 12.2 Å². The highest BCUT2D eigenvalue weighted by Gasteiger charge is 2.40. The predicted molar refractivity (Wildman–Crippen MR) is 145 cm³/mol. The standard InChI is InChI=1S/C30H32FN5O/c1-4-5-19-36-33-29(32-34-36)17-8-22-6-9-24(10-7-22)30(2)28-16-15-27(37-3)21-23(28)18-20-35(30)26-13-11-25(31)12-14-26/h6-17,21H,4-5,18-20H2,1-3H3. The van der Waals surface area contributed by atoms with Crippen LogP contribution >= 0.6 is 0 Å². The third kappa shape index (κ3) is 4.99. The van der Waals surface area contributed by atoms with Crippen molar-refractivity contribution in [2.45, 2.75) is 45.2 Å². The maximum Gasteiger partial charge on any atom is 0.197 e. The number of hydrogen-bond acceptors (Lipinski definition) is 5. The van der Waals surface area contributed by atoms with E-state index >= 15 is 0 Å². The summed E-state index contributed by atoms with van der Waals surface area (Å²) in [5.41, 5.74) is 5.25. The van der Waals surface area contributed by atoms with Gasteiger partial charge in [-0.25, -0.2) is 4.39 Å². The van der Waals surface area contributed by atoms with Crippen molar-refractivity contribution in [3.05, 3.63) is 101 Å². The topological polar surface area (TPSA) is 56.1 Å². The van der Waals surface area contributed by atoms with Crippen LogP contribution in [0.4, 0.5) is 10.1 Å². The number of tetrazole rings is 1. The molecule has 1 aromatic heterocycles. The molecule has 0 saturated heterocycles. The molecule has 0 saturated carbocycles. The van der Waals surface area contributed by atoms with Gasteiger partial charge in [0.2, 0.25) is 0 Å². The molecule has 0 N–H and O–H groups in total. The Morgan fingerprint density at radius 1 is 1.03 bits per heavy atom. The van der Waals surface area contributed by atoms with E-state index < -0.39 is 5.54 Å². The van der Waals surface area contributed by atoms with Gasteiger partial charge in [-0.1, -0.05) is 49.8 Å². The van der Waals surface area contributed by atoms with Crippen molar-refractivity contribution in [1.82, 2.24) is 20.2 Å². The van der Waals surface area contributed by atoms with Gasteiger partial charge in [0.15, 0.2) is 5.82 Å². The number of unbranched alkanes of at least 4 members (excludes halogenated alkanes) is 1. The second-order valence-electron chi connectivity index (χ2n) is 9.53. The van der Waals surface area contributed by atoms with Crippen molar-refractivity contribution in [3.8, 4) is 5.75 Å². The van der Waals surface area contributed by atoms with Crippen molar-refractivity contribution < 1.29 is 9.13 Å². The summed E-state index contributed by atoms with van der Waals surface area (Å²) in [7, 11) is 1.70. The number of ether oxygens (including phenoxy) is 1. The average Bonchev–Trinajstić information content (AvgIpc) is 3.39. The maximum atomic E-state index is 13.7. The SMILES string of the molecule is CCCCn1nnc(C=Cc2ccc(C3(C)c4ccc(OC)cc4CCN3c3ccc(F)cc3)cc2)n1. The predicted octanol–water partition coefficient (Wildman–Crippen LogP) is 6.12. The van der Waals surface area contributed by atoms with E-state index in [0.717, 1.165) is 54.9 Å². The summed E-state index contributed by atoms with van der Waals surface area (Å²) in [6.45, 7) is 5.97. The molecule has 1 unspecified atom stereocenters. The first-order valence-electron chi connectivity index (χ1n) is 12.8. The Balaban J connectivity index is 1.47. The fourth-order valence-corrected chi connectivity index (χ4v) is 5.11. The summed E-state index contributed by atoms with van der Waals surface area (Å²) in [4.78, 5) is 4.01. The van der Waals surface area contributed by atoms with Crippen LogP contribution in [0.15, 0.2) is 66.7 Å². The average molecular weight is 498 g/mol. The molecule has 7 heteroatoms. The fourth-order valence-electron chi connectivity index (χ4n) is 5.11. The van der Waals surface area contributed by atoms with E-state index in [4.69, 9.17) is 4.74 Å². The lowest BCUT2D eigenvalue weighted by molar-refractivity contribution is 0.411. The Labute approximate surface area is 217 Å². The molecule has 0 bridgehead atoms. The third-order valence-electron chi connectivity index (χ3n) is 7.20. The van der Waals surface area contributed by atoms with Gasteiger partial charge in [-0.3, -0.25) is 0 Å². The number of rotatable bonds is 8. The van der Waals surface area contributed by atoms with Gasteiger partial charge in [-0.2, -0.15) is 4.80 Å². The molecule has 5 rings (SSSR count). The van der Waals surface area contributed by atoms with Crippen LogP contribution in [-0.4, -0.2) is 33.9 Å². The Bertz CT molecular complexity index is 1380. The van der Waals surface area contributed by atoms with Crippen LogP contribution in [0.3, 0.4) is 0 Å². The maximum absolute atomic E-state index is 13.7. The molecular weight excluding hydrogens is 465 g/mol. The minimum atomic E-state index is -0.441. The summed E-state index contributed by atoms with van der Waals surface area (Å²) >= 11 is 0. The number of hydrogen-bond donors (Lipinski definition) is 0. The molecule has 6 nitrogen and oxygen atoms in total. The number of fused-ring (bicyclic) bond motifs is 1. The first-order valence-corrected chi connectivity index (χ1v) is 12.8. The number of aryl methyl sites for hydroxylation is 1. The van der Waals surface area contributed by atoms with E-state index in [2.05, 4.69) is 70.6 Å². The monoisotopic (exact) mass is 497 g/mol. The number of benzene rings is 3. The molecule has 0 radical (unpaired) electrons. The number of aromatic nitrogens is 4. The molecule has 2 heterocycles. The van der Waals surface area contributed by atoms with Crippen molar-refractivity contribution in [1.29, 1.82) is 0 Å². The van der Waals surface area contributed by atoms with Gasteiger partial charge in [0.05, 0.1) is 19.2 Å². The lowest BCUT2D eigenvalue weighted by Gasteiger charge is -2.48. The smallest absolute Gasteiger partial charge is 0.197 e. The molecule has 0 fully saturated rings. The first kappa shape index (κ1) is 24.7. The summed E-state index contributed by atoms with van der Waals surface area (Å²) in [6.07, 6.45) is 6.90. The minimum Gasteiger partial charge on any atom is -0.497 e. The van der Waals surface area contributed by atoms with Gasteiger partial charge in [-0.15, -0.1) is 10.2 Å². The van der Waals surface area contributed by atoms with Crippen molar-refractivity contribution in [2.75, 3.05) is 18.6 Å². The van der Waals surface area contributed by atoms with E-state index in [9.17, 15) is 4.39 Å². The number of methoxy groups -OCH3 is 1. The Hall–Kier alpha value is -4.00. The molecule has 0 amide bonds. The van der Waals surface area contributed by atoms with E-state index in [0.29, 0.717) is 5.82 Å². The second-order valence-corrected chi connectivity index (χ2v) is 9.53. The van der Waals surface area contributed by atoms with E-state index in [-0.39, 0.29) is 5.82 Å². The van der Waals surface area contributed by atoms with E-state index in [1.165, 1.54) is 23.3 Å². The number of halogens is 1. The summed E-state index contributed by atoms with van der Waals surface area (Å²) in [6, 6.07) is 21.6. The Morgan fingerprint density at radius 2 is 1.81 bits per heavy atom. The Morgan fingerprint density at radius 3 is 2.54 bits per heavy atom. The van der Waals surface area contributed by atoms with Crippen LogP contribution in [0, 0.1) is 5.82 Å². The molecular formula is C30H32FN5O. The van der Waals surface area contributed by atoms with Crippen LogP contribution < -0.4 is 9.64 Å². The normalized spacial score (nSPS) is 17.2. The van der Waals surface area contributed by atoms with Crippen LogP contribution in [-0.2, 0) is 18.5 Å². The highest BCUT2D eigenvalue weighted by molar-refractivity contribution is 5.67. The quantitative estimate of drug-likeness (QED) is 0.294. The Kier molecular flexibility index (Phi) is 7.04. The highest BCUT2D eigenvalue weighted by Crippen LogP contribution is 2.44. The van der Waals surface area contributed by atoms with Crippen LogP contribution in [0.1, 0.15) is 54.8 Å². The lowest BCUT2D eigenvalue weighted by atomic mass is 9.76. The molecule has 37 heavy (non-hydrogen) atoms. The molecule has 1 aliphatic heterocycles. The molecule has 4 aromatic rings. The summed E-state index contributed by atoms with van der Waals surface area (Å²) < 4.78 is 19.2. The highest BCUT2D eigenvalue weighted by atomic mass is 19.1. The number of nitrogens with zero attached hydrogens (tertiary/aromatic N) is 5. The third-order valence-corrected chi connectivity index (χ3v) is 7.20. The van der Waals surface area contributed by atoms with E-state index in [1.54, 1.807) is 11.9 Å². The van der Waals surface area contributed by atoms with Crippen molar-refractivity contribution >= 4 is 17.8 Å². The molecule has 0 spiro atoms. The molecule has 1 aliphatic rings. The largest absolute Gasteiger partial charge is 0.497 e. The van der Waals surface area contributed by atoms with Crippen molar-refractivity contribution in [2.24, 2.45) is 0 Å². The van der Waals surface area contributed by atoms with Gasteiger partial charge in [-0.05, 0) is 89.7 Å². The van der Waals surface area contributed by atoms with Gasteiger partial charge >= 0.3 is 0 Å². The summed E-state index contributed by atoms with van der Waals surface area (Å²) in [5, 5.41) is 12.7. The lowest BCUT2D eigenvalue weighted by Crippen LogP contribution is -2.49. The molecule has 1 atom stereocenters. The zero-order chi connectivity index (χ0) is 25.8. The molecule has 190 valence electrons. The van der Waals surface area contributed by atoms with Crippen LogP contribution in [0.5, 0.6) is 5.75 Å². The van der Waals surface area contributed by atoms with Crippen molar-refractivity contribution in [3.63, 3.8) is 0 Å². The van der Waals surface area contributed by atoms with E-state index in [1.807, 2.05) is 30.4 Å². The summed E-state index contributed by atoms with van der Waals surface area (Å²) in [5.74, 6) is 1.23. The second kappa shape index (κ2) is 10.5. The van der Waals surface area contributed by atoms with Gasteiger partial charge in [0.1, 0.15) is 11.6 Å². The molecule has 0 aliphatic carbocycles. The van der Waals surface area contributed by atoms with Crippen LogP contribution in [0.25, 0.3) is 12.2 Å². The van der Waals surface area contributed by atoms with Gasteiger partial charge < -0.3 is 9.64 Å². The zero-order valence-corrected chi connectivity index (χ0v) is 21.6. The first-order chi connectivity index (χ1) is 18.0. The molecule has 3 aromatic carbocycles. The minimum absolute atomic E-state index is 0.233. The zero-order valence-electron chi connectivity index (χ0n) is 21.6.